The van der Waals surface area contributed by atoms with E-state index in [1.165, 1.54) is 5.56 Å². The topological polar surface area (TPSA) is 27.1 Å². The predicted molar refractivity (Wildman–Crippen MR) is 82.0 cm³/mol. The van der Waals surface area contributed by atoms with Gasteiger partial charge in [0.1, 0.15) is 12.4 Å². The molecule has 0 aliphatic carbocycles. The molecule has 0 aliphatic rings. The van der Waals surface area contributed by atoms with E-state index in [1.54, 1.807) is 0 Å². The molecule has 0 fully saturated rings. The van der Waals surface area contributed by atoms with E-state index in [0.29, 0.717) is 12.5 Å². The molecule has 0 saturated heterocycles. The second-order valence-corrected chi connectivity index (χ2v) is 5.25. The smallest absolute Gasteiger partial charge is 0.130 e. The van der Waals surface area contributed by atoms with Gasteiger partial charge in [0.05, 0.1) is 18.2 Å². The van der Waals surface area contributed by atoms with Crippen molar-refractivity contribution in [2.45, 2.75) is 52.7 Å². The number of nitrogens with zero attached hydrogens (tertiary/aromatic N) is 2. The quantitative estimate of drug-likeness (QED) is 0.747. The van der Waals surface area contributed by atoms with E-state index in [0.717, 1.165) is 30.8 Å². The number of aromatic nitrogens is 2. The Morgan fingerprint density at radius 1 is 1.20 bits per heavy atom. The van der Waals surface area contributed by atoms with Crippen LogP contribution in [0.4, 0.5) is 0 Å². The summed E-state index contributed by atoms with van der Waals surface area (Å²) >= 11 is 0. The standard InChI is InChI=1S/C17H24N2O/c1-4-10-19-13-18-11-16(19)12-20-17-8-6-15(7-9-17)14(3)5-2/h6-9,11,13-14H,4-5,10,12H2,1-3H3. The first-order valence-corrected chi connectivity index (χ1v) is 7.46. The van der Waals surface area contributed by atoms with E-state index in [-0.39, 0.29) is 0 Å². The maximum absolute atomic E-state index is 5.84. The molecule has 0 amide bonds. The Balaban J connectivity index is 1.95. The van der Waals surface area contributed by atoms with Crippen molar-refractivity contribution in [3.05, 3.63) is 48.0 Å². The summed E-state index contributed by atoms with van der Waals surface area (Å²) in [5.41, 5.74) is 2.49. The van der Waals surface area contributed by atoms with Gasteiger partial charge < -0.3 is 9.30 Å². The Labute approximate surface area is 121 Å². The molecular weight excluding hydrogens is 248 g/mol. The SMILES string of the molecule is CCCn1cncc1COc1ccc(C(C)CC)cc1. The minimum atomic E-state index is 0.572. The Morgan fingerprint density at radius 3 is 2.60 bits per heavy atom. The Morgan fingerprint density at radius 2 is 1.95 bits per heavy atom. The zero-order valence-electron chi connectivity index (χ0n) is 12.7. The number of rotatable bonds is 7. The molecule has 3 heteroatoms. The van der Waals surface area contributed by atoms with Gasteiger partial charge in [-0.3, -0.25) is 0 Å². The third-order valence-corrected chi connectivity index (χ3v) is 3.71. The van der Waals surface area contributed by atoms with Crippen LogP contribution in [-0.2, 0) is 13.2 Å². The van der Waals surface area contributed by atoms with Gasteiger partial charge in [0.2, 0.25) is 0 Å². The second kappa shape index (κ2) is 7.13. The minimum Gasteiger partial charge on any atom is -0.487 e. The molecule has 1 aromatic heterocycles. The number of aryl methyl sites for hydroxylation is 1. The van der Waals surface area contributed by atoms with Gasteiger partial charge >= 0.3 is 0 Å². The van der Waals surface area contributed by atoms with Crippen LogP contribution < -0.4 is 4.74 Å². The molecule has 0 aliphatic heterocycles. The van der Waals surface area contributed by atoms with Crippen LogP contribution in [0.3, 0.4) is 0 Å². The summed E-state index contributed by atoms with van der Waals surface area (Å²) in [4.78, 5) is 4.18. The van der Waals surface area contributed by atoms with Crippen molar-refractivity contribution >= 4 is 0 Å². The fourth-order valence-corrected chi connectivity index (χ4v) is 2.20. The number of ether oxygens (including phenoxy) is 1. The third kappa shape index (κ3) is 3.62. The average Bonchev–Trinajstić information content (AvgIpc) is 2.92. The molecule has 0 saturated carbocycles. The number of hydrogen-bond acceptors (Lipinski definition) is 2. The highest BCUT2D eigenvalue weighted by molar-refractivity contribution is 5.29. The lowest BCUT2D eigenvalue weighted by molar-refractivity contribution is 0.294. The molecule has 1 aromatic carbocycles. The van der Waals surface area contributed by atoms with E-state index < -0.39 is 0 Å². The molecule has 0 spiro atoms. The summed E-state index contributed by atoms with van der Waals surface area (Å²) in [5, 5.41) is 0. The average molecular weight is 272 g/mol. The highest BCUT2D eigenvalue weighted by Crippen LogP contribution is 2.22. The molecule has 3 nitrogen and oxygen atoms in total. The zero-order chi connectivity index (χ0) is 14.4. The second-order valence-electron chi connectivity index (χ2n) is 5.25. The Hall–Kier alpha value is -1.77. The Kier molecular flexibility index (Phi) is 5.22. The summed E-state index contributed by atoms with van der Waals surface area (Å²) in [6.07, 6.45) is 6.01. The summed E-state index contributed by atoms with van der Waals surface area (Å²) in [5.74, 6) is 1.52. The largest absolute Gasteiger partial charge is 0.487 e. The van der Waals surface area contributed by atoms with Crippen LogP contribution in [-0.4, -0.2) is 9.55 Å². The van der Waals surface area contributed by atoms with Crippen molar-refractivity contribution < 1.29 is 4.74 Å². The highest BCUT2D eigenvalue weighted by atomic mass is 16.5. The summed E-state index contributed by atoms with van der Waals surface area (Å²) in [7, 11) is 0. The van der Waals surface area contributed by atoms with Crippen molar-refractivity contribution in [3.63, 3.8) is 0 Å². The van der Waals surface area contributed by atoms with Crippen LogP contribution in [0.2, 0.25) is 0 Å². The van der Waals surface area contributed by atoms with Gasteiger partial charge in [0.15, 0.2) is 0 Å². The van der Waals surface area contributed by atoms with E-state index in [4.69, 9.17) is 4.74 Å². The molecular formula is C17H24N2O. The molecule has 108 valence electrons. The van der Waals surface area contributed by atoms with E-state index in [1.807, 2.05) is 12.5 Å². The first-order chi connectivity index (χ1) is 9.74. The highest BCUT2D eigenvalue weighted by Gasteiger charge is 2.05. The fourth-order valence-electron chi connectivity index (χ4n) is 2.20. The van der Waals surface area contributed by atoms with Crippen LogP contribution in [0.25, 0.3) is 0 Å². The zero-order valence-corrected chi connectivity index (χ0v) is 12.7. The molecule has 1 atom stereocenters. The van der Waals surface area contributed by atoms with Crippen LogP contribution in [0, 0.1) is 0 Å². The molecule has 2 rings (SSSR count). The summed E-state index contributed by atoms with van der Waals surface area (Å²) in [6.45, 7) is 8.19. The van der Waals surface area contributed by atoms with Crippen LogP contribution in [0.5, 0.6) is 5.75 Å². The van der Waals surface area contributed by atoms with E-state index >= 15 is 0 Å². The van der Waals surface area contributed by atoms with Crippen LogP contribution >= 0.6 is 0 Å². The lowest BCUT2D eigenvalue weighted by atomic mass is 9.99. The molecule has 0 N–H and O–H groups in total. The number of benzene rings is 1. The van der Waals surface area contributed by atoms with Gasteiger partial charge in [-0.1, -0.05) is 32.9 Å². The monoisotopic (exact) mass is 272 g/mol. The molecule has 2 aromatic rings. The van der Waals surface area contributed by atoms with Gasteiger partial charge in [-0.2, -0.15) is 0 Å². The minimum absolute atomic E-state index is 0.572. The van der Waals surface area contributed by atoms with Gasteiger partial charge in [-0.25, -0.2) is 4.98 Å². The van der Waals surface area contributed by atoms with Crippen LogP contribution in [0.1, 0.15) is 50.8 Å². The van der Waals surface area contributed by atoms with E-state index in [2.05, 4.69) is 54.6 Å². The van der Waals surface area contributed by atoms with Crippen molar-refractivity contribution in [3.8, 4) is 5.75 Å². The fraction of sp³-hybridized carbons (Fsp3) is 0.471. The molecule has 0 radical (unpaired) electrons. The van der Waals surface area contributed by atoms with Crippen molar-refractivity contribution in [2.24, 2.45) is 0 Å². The normalized spacial score (nSPS) is 12.3. The van der Waals surface area contributed by atoms with Crippen LogP contribution in [0.15, 0.2) is 36.8 Å². The summed E-state index contributed by atoms with van der Waals surface area (Å²) < 4.78 is 7.99. The summed E-state index contributed by atoms with van der Waals surface area (Å²) in [6, 6.07) is 8.43. The van der Waals surface area contributed by atoms with Gasteiger partial charge in [-0.05, 0) is 36.5 Å². The number of hydrogen-bond donors (Lipinski definition) is 0. The van der Waals surface area contributed by atoms with Gasteiger partial charge in [0, 0.05) is 6.54 Å². The first-order valence-electron chi connectivity index (χ1n) is 7.46. The Bertz CT molecular complexity index is 516. The lowest BCUT2D eigenvalue weighted by Crippen LogP contribution is -2.05. The molecule has 1 heterocycles. The van der Waals surface area contributed by atoms with Gasteiger partial charge in [-0.15, -0.1) is 0 Å². The molecule has 0 bridgehead atoms. The molecule has 20 heavy (non-hydrogen) atoms. The molecule has 1 unspecified atom stereocenters. The van der Waals surface area contributed by atoms with E-state index in [9.17, 15) is 0 Å². The van der Waals surface area contributed by atoms with Crippen molar-refractivity contribution in [2.75, 3.05) is 0 Å². The van der Waals surface area contributed by atoms with Crippen molar-refractivity contribution in [1.82, 2.24) is 9.55 Å². The van der Waals surface area contributed by atoms with Crippen molar-refractivity contribution in [1.29, 1.82) is 0 Å². The maximum atomic E-state index is 5.84. The predicted octanol–water partition coefficient (Wildman–Crippen LogP) is 4.39. The first kappa shape index (κ1) is 14.6. The number of imidazole rings is 1. The third-order valence-electron chi connectivity index (χ3n) is 3.71. The lowest BCUT2D eigenvalue weighted by Gasteiger charge is -2.11. The maximum Gasteiger partial charge on any atom is 0.130 e. The van der Waals surface area contributed by atoms with Gasteiger partial charge in [0.25, 0.3) is 0 Å².